The highest BCUT2D eigenvalue weighted by Crippen LogP contribution is 2.26. The molecule has 1 fully saturated rings. The van der Waals surface area contributed by atoms with E-state index in [1.165, 1.54) is 0 Å². The molecular formula is C14H17BrClNO2. The average molecular weight is 347 g/mol. The van der Waals surface area contributed by atoms with Crippen LogP contribution in [-0.4, -0.2) is 34.6 Å². The first-order chi connectivity index (χ1) is 8.89. The standard InChI is InChI=1S/C14H17BrClNO2/c1-14(19)5-2-7-17(8-6-14)13(18)11-4-3-10(16)9-12(11)15/h3-4,9,19H,2,5-8H2,1H3. The zero-order valence-corrected chi connectivity index (χ0v) is 13.2. The maximum atomic E-state index is 12.5. The fourth-order valence-electron chi connectivity index (χ4n) is 2.30. The van der Waals surface area contributed by atoms with Gasteiger partial charge < -0.3 is 10.0 Å². The number of hydrogen-bond acceptors (Lipinski definition) is 2. The summed E-state index contributed by atoms with van der Waals surface area (Å²) in [5, 5.41) is 10.7. The lowest BCUT2D eigenvalue weighted by Gasteiger charge is -2.23. The van der Waals surface area contributed by atoms with Crippen LogP contribution in [0.4, 0.5) is 0 Å². The molecule has 1 heterocycles. The van der Waals surface area contributed by atoms with Crippen LogP contribution in [0.2, 0.25) is 5.02 Å². The summed E-state index contributed by atoms with van der Waals surface area (Å²) in [5.74, 6) is -0.0127. The van der Waals surface area contributed by atoms with E-state index in [1.807, 2.05) is 6.92 Å². The summed E-state index contributed by atoms with van der Waals surface area (Å²) in [7, 11) is 0. The third-order valence-electron chi connectivity index (χ3n) is 3.51. The van der Waals surface area contributed by atoms with Gasteiger partial charge >= 0.3 is 0 Å². The second kappa shape index (κ2) is 5.81. The van der Waals surface area contributed by atoms with Gasteiger partial charge in [0.05, 0.1) is 11.2 Å². The number of benzene rings is 1. The minimum Gasteiger partial charge on any atom is -0.390 e. The van der Waals surface area contributed by atoms with Crippen LogP contribution in [-0.2, 0) is 0 Å². The molecule has 1 amide bonds. The molecule has 0 radical (unpaired) electrons. The Labute approximate surface area is 126 Å². The van der Waals surface area contributed by atoms with E-state index in [9.17, 15) is 9.90 Å². The Morgan fingerprint density at radius 2 is 2.16 bits per heavy atom. The van der Waals surface area contributed by atoms with E-state index in [0.29, 0.717) is 34.6 Å². The van der Waals surface area contributed by atoms with Crippen LogP contribution in [0.15, 0.2) is 22.7 Å². The van der Waals surface area contributed by atoms with Crippen molar-refractivity contribution in [1.82, 2.24) is 4.90 Å². The highest BCUT2D eigenvalue weighted by atomic mass is 79.9. The van der Waals surface area contributed by atoms with Crippen LogP contribution < -0.4 is 0 Å². The van der Waals surface area contributed by atoms with Crippen LogP contribution in [0.25, 0.3) is 0 Å². The fraction of sp³-hybridized carbons (Fsp3) is 0.500. The van der Waals surface area contributed by atoms with Crippen molar-refractivity contribution in [3.63, 3.8) is 0 Å². The number of amides is 1. The minimum absolute atomic E-state index is 0.0127. The Balaban J connectivity index is 2.15. The van der Waals surface area contributed by atoms with Crippen molar-refractivity contribution >= 4 is 33.4 Å². The van der Waals surface area contributed by atoms with Crippen molar-refractivity contribution in [1.29, 1.82) is 0 Å². The van der Waals surface area contributed by atoms with E-state index in [4.69, 9.17) is 11.6 Å². The summed E-state index contributed by atoms with van der Waals surface area (Å²) >= 11 is 9.26. The van der Waals surface area contributed by atoms with Crippen LogP contribution >= 0.6 is 27.5 Å². The number of carbonyl (C=O) groups is 1. The third-order valence-corrected chi connectivity index (χ3v) is 4.40. The SMILES string of the molecule is CC1(O)CCCN(C(=O)c2ccc(Cl)cc2Br)CC1. The Morgan fingerprint density at radius 3 is 2.84 bits per heavy atom. The molecule has 19 heavy (non-hydrogen) atoms. The van der Waals surface area contributed by atoms with Gasteiger partial charge in [-0.15, -0.1) is 0 Å². The van der Waals surface area contributed by atoms with Crippen LogP contribution in [0, 0.1) is 0 Å². The maximum absolute atomic E-state index is 12.5. The molecule has 1 aromatic carbocycles. The van der Waals surface area contributed by atoms with Crippen LogP contribution in [0.5, 0.6) is 0 Å². The normalized spacial score (nSPS) is 24.1. The van der Waals surface area contributed by atoms with Gasteiger partial charge in [-0.2, -0.15) is 0 Å². The van der Waals surface area contributed by atoms with Crippen molar-refractivity contribution in [2.24, 2.45) is 0 Å². The van der Waals surface area contributed by atoms with Crippen molar-refractivity contribution in [2.75, 3.05) is 13.1 Å². The zero-order chi connectivity index (χ0) is 14.0. The topological polar surface area (TPSA) is 40.5 Å². The van der Waals surface area contributed by atoms with E-state index < -0.39 is 5.60 Å². The molecule has 0 aliphatic carbocycles. The highest BCUT2D eigenvalue weighted by Gasteiger charge is 2.28. The summed E-state index contributed by atoms with van der Waals surface area (Å²) in [6.07, 6.45) is 2.17. The number of hydrogen-bond donors (Lipinski definition) is 1. The smallest absolute Gasteiger partial charge is 0.255 e. The molecule has 0 aromatic heterocycles. The van der Waals surface area contributed by atoms with Crippen molar-refractivity contribution < 1.29 is 9.90 Å². The van der Waals surface area contributed by atoms with Crippen molar-refractivity contribution in [2.45, 2.75) is 31.8 Å². The van der Waals surface area contributed by atoms with Crippen LogP contribution in [0.1, 0.15) is 36.5 Å². The van der Waals surface area contributed by atoms with Gasteiger partial charge in [-0.1, -0.05) is 11.6 Å². The largest absolute Gasteiger partial charge is 0.390 e. The molecule has 0 bridgehead atoms. The molecule has 0 spiro atoms. The quantitative estimate of drug-likeness (QED) is 0.846. The summed E-state index contributed by atoms with van der Waals surface area (Å²) < 4.78 is 0.709. The molecule has 1 saturated heterocycles. The molecule has 1 aliphatic heterocycles. The van der Waals surface area contributed by atoms with Crippen molar-refractivity contribution in [3.05, 3.63) is 33.3 Å². The van der Waals surface area contributed by atoms with Gasteiger partial charge in [0.15, 0.2) is 0 Å². The number of nitrogens with zero attached hydrogens (tertiary/aromatic N) is 1. The molecule has 3 nitrogen and oxygen atoms in total. The molecule has 5 heteroatoms. The molecule has 0 saturated carbocycles. The van der Waals surface area contributed by atoms with Gasteiger partial charge in [0.1, 0.15) is 0 Å². The summed E-state index contributed by atoms with van der Waals surface area (Å²) in [6, 6.07) is 5.17. The number of carbonyl (C=O) groups excluding carboxylic acids is 1. The van der Waals surface area contributed by atoms with E-state index in [-0.39, 0.29) is 5.91 Å². The maximum Gasteiger partial charge on any atom is 0.255 e. The summed E-state index contributed by atoms with van der Waals surface area (Å²) in [5.41, 5.74) is -0.0438. The third kappa shape index (κ3) is 3.71. The second-order valence-electron chi connectivity index (χ2n) is 5.27. The Hall–Kier alpha value is -0.580. The van der Waals surface area contributed by atoms with Gasteiger partial charge in [0, 0.05) is 22.6 Å². The molecule has 1 atom stereocenters. The van der Waals surface area contributed by atoms with E-state index in [0.717, 1.165) is 12.8 Å². The number of halogens is 2. The zero-order valence-electron chi connectivity index (χ0n) is 10.8. The average Bonchev–Trinajstić information content (AvgIpc) is 2.49. The first-order valence-corrected chi connectivity index (χ1v) is 7.53. The first-order valence-electron chi connectivity index (χ1n) is 6.36. The van der Waals surface area contributed by atoms with E-state index in [1.54, 1.807) is 23.1 Å². The van der Waals surface area contributed by atoms with E-state index >= 15 is 0 Å². The number of rotatable bonds is 1. The molecule has 104 valence electrons. The lowest BCUT2D eigenvalue weighted by atomic mass is 9.98. The molecule has 2 rings (SSSR count). The molecule has 1 N–H and O–H groups in total. The predicted octanol–water partition coefficient (Wildman–Crippen LogP) is 3.48. The number of likely N-dealkylation sites (tertiary alicyclic amines) is 1. The second-order valence-corrected chi connectivity index (χ2v) is 6.56. The lowest BCUT2D eigenvalue weighted by Crippen LogP contribution is -2.33. The lowest BCUT2D eigenvalue weighted by molar-refractivity contribution is 0.0438. The first kappa shape index (κ1) is 14.8. The van der Waals surface area contributed by atoms with Gasteiger partial charge in [-0.05, 0) is 60.3 Å². The molecule has 1 aromatic rings. The molecular weight excluding hydrogens is 330 g/mol. The van der Waals surface area contributed by atoms with Gasteiger partial charge in [0.25, 0.3) is 5.91 Å². The summed E-state index contributed by atoms with van der Waals surface area (Å²) in [6.45, 7) is 3.10. The predicted molar refractivity (Wildman–Crippen MR) is 79.5 cm³/mol. The van der Waals surface area contributed by atoms with Crippen molar-refractivity contribution in [3.8, 4) is 0 Å². The summed E-state index contributed by atoms with van der Waals surface area (Å²) in [4.78, 5) is 14.3. The Morgan fingerprint density at radius 1 is 1.42 bits per heavy atom. The number of aliphatic hydroxyl groups is 1. The van der Waals surface area contributed by atoms with Gasteiger partial charge in [-0.3, -0.25) is 4.79 Å². The highest BCUT2D eigenvalue weighted by molar-refractivity contribution is 9.10. The Kier molecular flexibility index (Phi) is 4.54. The monoisotopic (exact) mass is 345 g/mol. The fourth-order valence-corrected chi connectivity index (χ4v) is 3.15. The van der Waals surface area contributed by atoms with Crippen LogP contribution in [0.3, 0.4) is 0 Å². The molecule has 1 aliphatic rings. The Bertz CT molecular complexity index is 490. The van der Waals surface area contributed by atoms with E-state index in [2.05, 4.69) is 15.9 Å². The van der Waals surface area contributed by atoms with Gasteiger partial charge in [0.2, 0.25) is 0 Å². The minimum atomic E-state index is -0.660. The van der Waals surface area contributed by atoms with Gasteiger partial charge in [-0.25, -0.2) is 0 Å². The molecule has 1 unspecified atom stereocenters.